The summed E-state index contributed by atoms with van der Waals surface area (Å²) < 4.78 is 6.80. The van der Waals surface area contributed by atoms with Crippen molar-refractivity contribution in [1.82, 2.24) is 10.2 Å². The van der Waals surface area contributed by atoms with E-state index in [1.807, 2.05) is 42.5 Å². The summed E-state index contributed by atoms with van der Waals surface area (Å²) in [6.45, 7) is 3.43. The molecule has 0 saturated heterocycles. The van der Waals surface area contributed by atoms with Crippen molar-refractivity contribution in [2.75, 3.05) is 16.0 Å². The van der Waals surface area contributed by atoms with Crippen molar-refractivity contribution in [1.29, 1.82) is 0 Å². The number of anilines is 2. The van der Waals surface area contributed by atoms with Crippen LogP contribution in [0, 0.1) is 0 Å². The molecule has 162 valence electrons. The van der Waals surface area contributed by atoms with Crippen molar-refractivity contribution in [3.63, 3.8) is 0 Å². The highest BCUT2D eigenvalue weighted by Crippen LogP contribution is 2.42. The maximum Gasteiger partial charge on any atom is 0.277 e. The van der Waals surface area contributed by atoms with E-state index in [0.717, 1.165) is 21.8 Å². The summed E-state index contributed by atoms with van der Waals surface area (Å²) in [4.78, 5) is 27.9. The first-order valence-electron chi connectivity index (χ1n) is 9.73. The number of hydrogen-bond acceptors (Lipinski definition) is 7. The minimum atomic E-state index is -1.03. The highest BCUT2D eigenvalue weighted by Gasteiger charge is 2.43. The van der Waals surface area contributed by atoms with Gasteiger partial charge in [0.15, 0.2) is 0 Å². The normalized spacial score (nSPS) is 15.0. The minimum absolute atomic E-state index is 0.0345. The Kier molecular flexibility index (Phi) is 5.19. The van der Waals surface area contributed by atoms with Gasteiger partial charge in [0.25, 0.3) is 11.1 Å². The van der Waals surface area contributed by atoms with Crippen LogP contribution in [0.1, 0.15) is 13.8 Å². The number of amides is 2. The second-order valence-corrected chi connectivity index (χ2v) is 10.0. The predicted octanol–water partition coefficient (Wildman–Crippen LogP) is 5.46. The van der Waals surface area contributed by atoms with E-state index in [2.05, 4.69) is 15.5 Å². The zero-order valence-corrected chi connectivity index (χ0v) is 19.5. The van der Waals surface area contributed by atoms with Crippen LogP contribution >= 0.6 is 34.7 Å². The van der Waals surface area contributed by atoms with Crippen LogP contribution in [-0.4, -0.2) is 33.3 Å². The van der Waals surface area contributed by atoms with Gasteiger partial charge in [0.05, 0.1) is 22.2 Å². The third-order valence-electron chi connectivity index (χ3n) is 5.21. The zero-order valence-electron chi connectivity index (χ0n) is 17.1. The summed E-state index contributed by atoms with van der Waals surface area (Å²) >= 11 is 9.10. The van der Waals surface area contributed by atoms with E-state index in [-0.39, 0.29) is 22.8 Å². The molecule has 0 bridgehead atoms. The molecule has 3 heterocycles. The summed E-state index contributed by atoms with van der Waals surface area (Å²) in [5.74, 6) is -0.127. The molecule has 0 unspecified atom stereocenters. The fourth-order valence-corrected chi connectivity index (χ4v) is 5.64. The average Bonchev–Trinajstić information content (AvgIpc) is 3.37. The molecular weight excluding hydrogens is 468 g/mol. The number of benzene rings is 2. The van der Waals surface area contributed by atoms with Crippen LogP contribution in [0.5, 0.6) is 0 Å². The third-order valence-corrected chi connectivity index (χ3v) is 7.68. The van der Waals surface area contributed by atoms with E-state index in [1.165, 1.54) is 16.2 Å². The van der Waals surface area contributed by atoms with Crippen LogP contribution in [-0.2, 0) is 9.59 Å². The summed E-state index contributed by atoms with van der Waals surface area (Å²) in [6, 6.07) is 15.0. The molecule has 0 atom stereocenters. The molecule has 0 saturated carbocycles. The monoisotopic (exact) mass is 484 g/mol. The van der Waals surface area contributed by atoms with Gasteiger partial charge in [-0.25, -0.2) is 0 Å². The van der Waals surface area contributed by atoms with Crippen LogP contribution in [0.15, 0.2) is 58.2 Å². The third kappa shape index (κ3) is 3.46. The number of aromatic nitrogens is 2. The number of rotatable bonds is 4. The van der Waals surface area contributed by atoms with Gasteiger partial charge in [-0.2, -0.15) is 0 Å². The first-order chi connectivity index (χ1) is 15.4. The minimum Gasteiger partial charge on any atom is -0.410 e. The molecular formula is C22H17ClN4O3S2. The Morgan fingerprint density at radius 3 is 2.75 bits per heavy atom. The standard InChI is InChI=1S/C22H17ClN4O3S2/c1-22(2)20(29)24-13-8-4-5-9-14(13)27(22)16(28)11-31-21-26-25-19(30-21)18-17(23)12-7-3-6-10-15(12)32-18/h3-10H,11H2,1-2H3,(H,24,29). The van der Waals surface area contributed by atoms with Crippen LogP contribution in [0.2, 0.25) is 5.02 Å². The number of nitrogens with one attached hydrogen (secondary N) is 1. The number of fused-ring (bicyclic) bond motifs is 2. The van der Waals surface area contributed by atoms with Crippen molar-refractivity contribution in [2.45, 2.75) is 24.6 Å². The largest absolute Gasteiger partial charge is 0.410 e. The highest BCUT2D eigenvalue weighted by molar-refractivity contribution is 7.99. The first kappa shape index (κ1) is 21.0. The number of thiophene rings is 1. The number of carbonyl (C=O) groups is 2. The number of nitrogens with zero attached hydrogens (tertiary/aromatic N) is 3. The molecule has 5 rings (SSSR count). The number of halogens is 1. The van der Waals surface area contributed by atoms with Gasteiger partial charge in [0.1, 0.15) is 10.4 Å². The molecule has 10 heteroatoms. The quantitative estimate of drug-likeness (QED) is 0.387. The van der Waals surface area contributed by atoms with Crippen molar-refractivity contribution in [3.8, 4) is 10.8 Å². The molecule has 1 aliphatic rings. The molecule has 1 N–H and O–H groups in total. The van der Waals surface area contributed by atoms with Gasteiger partial charge in [0.2, 0.25) is 11.8 Å². The van der Waals surface area contributed by atoms with Gasteiger partial charge < -0.3 is 9.73 Å². The van der Waals surface area contributed by atoms with E-state index in [9.17, 15) is 9.59 Å². The predicted molar refractivity (Wildman–Crippen MR) is 127 cm³/mol. The van der Waals surface area contributed by atoms with Crippen LogP contribution < -0.4 is 10.2 Å². The fourth-order valence-electron chi connectivity index (χ4n) is 3.60. The van der Waals surface area contributed by atoms with Crippen LogP contribution in [0.25, 0.3) is 20.9 Å². The molecule has 0 fully saturated rings. The van der Waals surface area contributed by atoms with Crippen molar-refractivity contribution < 1.29 is 14.0 Å². The Bertz CT molecular complexity index is 1360. The van der Waals surface area contributed by atoms with Gasteiger partial charge in [-0.3, -0.25) is 14.5 Å². The molecule has 0 spiro atoms. The van der Waals surface area contributed by atoms with Crippen molar-refractivity contribution >= 4 is 68.0 Å². The molecule has 0 aliphatic carbocycles. The summed E-state index contributed by atoms with van der Waals surface area (Å²) in [7, 11) is 0. The van der Waals surface area contributed by atoms with Crippen molar-refractivity contribution in [3.05, 3.63) is 53.6 Å². The lowest BCUT2D eigenvalue weighted by Crippen LogP contribution is -2.58. The van der Waals surface area contributed by atoms with Gasteiger partial charge in [0, 0.05) is 10.1 Å². The maximum absolute atomic E-state index is 13.2. The number of para-hydroxylation sites is 2. The molecule has 32 heavy (non-hydrogen) atoms. The van der Waals surface area contributed by atoms with E-state index in [1.54, 1.807) is 19.9 Å². The molecule has 4 aromatic rings. The molecule has 0 radical (unpaired) electrons. The fraction of sp³-hybridized carbons (Fsp3) is 0.182. The smallest absolute Gasteiger partial charge is 0.277 e. The molecule has 1 aliphatic heterocycles. The Balaban J connectivity index is 1.36. The lowest BCUT2D eigenvalue weighted by atomic mass is 9.96. The molecule has 7 nitrogen and oxygen atoms in total. The lowest BCUT2D eigenvalue weighted by molar-refractivity contribution is -0.125. The Morgan fingerprint density at radius 1 is 1.19 bits per heavy atom. The van der Waals surface area contributed by atoms with Gasteiger partial charge >= 0.3 is 0 Å². The second-order valence-electron chi connectivity index (χ2n) is 7.66. The average molecular weight is 485 g/mol. The topological polar surface area (TPSA) is 88.3 Å². The van der Waals surface area contributed by atoms with E-state index >= 15 is 0 Å². The summed E-state index contributed by atoms with van der Waals surface area (Å²) in [5, 5.41) is 12.8. The number of carbonyl (C=O) groups excluding carboxylic acids is 2. The Labute approximate surface area is 196 Å². The number of thioether (sulfide) groups is 1. The van der Waals surface area contributed by atoms with Gasteiger partial charge in [-0.1, -0.05) is 53.7 Å². The summed E-state index contributed by atoms with van der Waals surface area (Å²) in [5.41, 5.74) is 0.233. The van der Waals surface area contributed by atoms with E-state index < -0.39 is 5.54 Å². The number of hydrogen-bond donors (Lipinski definition) is 1. The molecule has 2 amide bonds. The van der Waals surface area contributed by atoms with Crippen LogP contribution in [0.4, 0.5) is 11.4 Å². The molecule has 2 aromatic heterocycles. The van der Waals surface area contributed by atoms with E-state index in [4.69, 9.17) is 16.0 Å². The zero-order chi connectivity index (χ0) is 22.5. The second kappa shape index (κ2) is 7.91. The highest BCUT2D eigenvalue weighted by atomic mass is 35.5. The van der Waals surface area contributed by atoms with Gasteiger partial charge in [-0.05, 0) is 32.0 Å². The first-order valence-corrected chi connectivity index (χ1v) is 11.9. The maximum atomic E-state index is 13.2. The Hall–Kier alpha value is -2.88. The van der Waals surface area contributed by atoms with Crippen LogP contribution in [0.3, 0.4) is 0 Å². The summed E-state index contributed by atoms with van der Waals surface area (Å²) in [6.07, 6.45) is 0. The lowest BCUT2D eigenvalue weighted by Gasteiger charge is -2.42. The van der Waals surface area contributed by atoms with Crippen molar-refractivity contribution in [2.24, 2.45) is 0 Å². The SMILES string of the molecule is CC1(C)C(=O)Nc2ccccc2N1C(=O)CSc1nnc(-c2sc3ccccc3c2Cl)o1. The molecule has 2 aromatic carbocycles. The van der Waals surface area contributed by atoms with Gasteiger partial charge in [-0.15, -0.1) is 21.5 Å². The Morgan fingerprint density at radius 2 is 1.94 bits per heavy atom. The van der Waals surface area contributed by atoms with E-state index in [0.29, 0.717) is 27.2 Å².